The molecule has 0 bridgehead atoms. The van der Waals surface area contributed by atoms with Gasteiger partial charge < -0.3 is 0 Å². The highest BCUT2D eigenvalue weighted by molar-refractivity contribution is 5.84. The van der Waals surface area contributed by atoms with Crippen LogP contribution in [0.25, 0.3) is 5.57 Å². The van der Waals surface area contributed by atoms with Crippen molar-refractivity contribution in [2.24, 2.45) is 10.9 Å². The van der Waals surface area contributed by atoms with Gasteiger partial charge in [0, 0.05) is 29.6 Å². The monoisotopic (exact) mass is 351 g/mol. The fourth-order valence-corrected chi connectivity index (χ4v) is 3.30. The largest absolute Gasteiger partial charge is 0.255 e. The van der Waals surface area contributed by atoms with Gasteiger partial charge in [0.05, 0.1) is 0 Å². The molecule has 26 heavy (non-hydrogen) atoms. The highest BCUT2D eigenvalue weighted by atomic mass is 19.1. The lowest BCUT2D eigenvalue weighted by atomic mass is 9.83. The third-order valence-electron chi connectivity index (χ3n) is 4.99. The lowest BCUT2D eigenvalue weighted by Gasteiger charge is -2.24. The van der Waals surface area contributed by atoms with Gasteiger partial charge in [0.2, 0.25) is 0 Å². The maximum absolute atomic E-state index is 14.5. The molecular weight excluding hydrogens is 325 g/mol. The van der Waals surface area contributed by atoms with Crippen LogP contribution in [-0.4, -0.2) is 15.7 Å². The maximum Gasteiger partial charge on any atom is 0.149 e. The first-order valence-electron chi connectivity index (χ1n) is 9.19. The van der Waals surface area contributed by atoms with E-state index in [1.165, 1.54) is 25.3 Å². The zero-order valence-electron chi connectivity index (χ0n) is 16.1. The molecule has 0 amide bonds. The zero-order valence-corrected chi connectivity index (χ0v) is 16.1. The van der Waals surface area contributed by atoms with Gasteiger partial charge in [-0.3, -0.25) is 4.99 Å². The quantitative estimate of drug-likeness (QED) is 0.643. The maximum atomic E-state index is 14.5. The highest BCUT2D eigenvalue weighted by Crippen LogP contribution is 2.32. The minimum absolute atomic E-state index is 0.331. The van der Waals surface area contributed by atoms with Crippen LogP contribution >= 0.6 is 0 Å². The van der Waals surface area contributed by atoms with Crippen LogP contribution in [0.1, 0.15) is 61.3 Å². The highest BCUT2D eigenvalue weighted by Gasteiger charge is 2.20. The molecule has 0 saturated heterocycles. The molecule has 4 heteroatoms. The molecule has 1 aliphatic carbocycles. The summed E-state index contributed by atoms with van der Waals surface area (Å²) in [5, 5.41) is 0. The molecule has 1 aliphatic rings. The van der Waals surface area contributed by atoms with E-state index in [-0.39, 0.29) is 5.82 Å². The van der Waals surface area contributed by atoms with Gasteiger partial charge in [-0.05, 0) is 62.4 Å². The minimum Gasteiger partial charge on any atom is -0.255 e. The van der Waals surface area contributed by atoms with Crippen LogP contribution in [0.2, 0.25) is 0 Å². The number of aryl methyl sites for hydroxylation is 2. The van der Waals surface area contributed by atoms with E-state index in [4.69, 9.17) is 0 Å². The van der Waals surface area contributed by atoms with Crippen molar-refractivity contribution in [2.45, 2.75) is 53.4 Å². The van der Waals surface area contributed by atoms with E-state index in [9.17, 15) is 4.39 Å². The van der Waals surface area contributed by atoms with Gasteiger partial charge in [-0.2, -0.15) is 0 Å². The van der Waals surface area contributed by atoms with Gasteiger partial charge in [0.15, 0.2) is 0 Å². The number of aliphatic imine (C=N–C) groups is 1. The van der Waals surface area contributed by atoms with Crippen LogP contribution in [0.3, 0.4) is 0 Å². The van der Waals surface area contributed by atoms with E-state index in [1.54, 1.807) is 0 Å². The molecule has 0 N–H and O–H groups in total. The summed E-state index contributed by atoms with van der Waals surface area (Å²) in [6.45, 7) is 11.7. The van der Waals surface area contributed by atoms with E-state index < -0.39 is 0 Å². The van der Waals surface area contributed by atoms with Crippen molar-refractivity contribution in [3.8, 4) is 0 Å². The fraction of sp³-hybridized carbons (Fsp3) is 0.409. The van der Waals surface area contributed by atoms with Gasteiger partial charge in [0.1, 0.15) is 17.3 Å². The third kappa shape index (κ3) is 3.90. The Morgan fingerprint density at radius 3 is 2.54 bits per heavy atom. The Morgan fingerprint density at radius 1 is 1.27 bits per heavy atom. The number of halogens is 1. The van der Waals surface area contributed by atoms with Crippen molar-refractivity contribution < 1.29 is 4.39 Å². The van der Waals surface area contributed by atoms with E-state index in [1.807, 2.05) is 40.0 Å². The molecule has 3 rings (SSSR count). The van der Waals surface area contributed by atoms with Crippen LogP contribution in [0.4, 0.5) is 10.1 Å². The molecule has 3 nitrogen and oxygen atoms in total. The Balaban J connectivity index is 1.88. The molecule has 1 aromatic carbocycles. The summed E-state index contributed by atoms with van der Waals surface area (Å²) in [5.74, 6) is 1.30. The second kappa shape index (κ2) is 7.48. The minimum atomic E-state index is -0.331. The van der Waals surface area contributed by atoms with Crippen molar-refractivity contribution in [3.63, 3.8) is 0 Å². The third-order valence-corrected chi connectivity index (χ3v) is 4.99. The molecule has 0 radical (unpaired) electrons. The second-order valence-corrected chi connectivity index (χ2v) is 7.45. The van der Waals surface area contributed by atoms with Gasteiger partial charge in [-0.1, -0.05) is 25.8 Å². The first-order chi connectivity index (χ1) is 12.3. The zero-order chi connectivity index (χ0) is 18.8. The number of aromatic nitrogens is 2. The summed E-state index contributed by atoms with van der Waals surface area (Å²) in [6.07, 6.45) is 6.66. The Hall–Kier alpha value is -2.36. The van der Waals surface area contributed by atoms with Crippen molar-refractivity contribution in [2.75, 3.05) is 0 Å². The molecule has 0 aliphatic heterocycles. The van der Waals surface area contributed by atoms with Gasteiger partial charge in [-0.25, -0.2) is 14.4 Å². The van der Waals surface area contributed by atoms with Crippen molar-refractivity contribution in [1.82, 2.24) is 9.97 Å². The van der Waals surface area contributed by atoms with Crippen molar-refractivity contribution in [3.05, 3.63) is 58.9 Å². The standard InChI is InChI=1S/C22H26FN3/c1-13(2)25-22-14(3)9-18(11-20(22)23)15(4)19-12-24-21(26-16(19)5)10-17-7-6-8-17/h9,11-12,17H,4,6-8,10H2,1-3,5H3. The summed E-state index contributed by atoms with van der Waals surface area (Å²) >= 11 is 0. The summed E-state index contributed by atoms with van der Waals surface area (Å²) in [5.41, 5.74) is 5.25. The Bertz CT molecular complexity index is 852. The average molecular weight is 351 g/mol. The number of benzene rings is 1. The van der Waals surface area contributed by atoms with Crippen LogP contribution in [-0.2, 0) is 6.42 Å². The number of hydrogen-bond donors (Lipinski definition) is 0. The summed E-state index contributed by atoms with van der Waals surface area (Å²) in [4.78, 5) is 13.5. The first-order valence-corrected chi connectivity index (χ1v) is 9.19. The van der Waals surface area contributed by atoms with Crippen molar-refractivity contribution in [1.29, 1.82) is 0 Å². The predicted octanol–water partition coefficient (Wildman–Crippen LogP) is 5.75. The smallest absolute Gasteiger partial charge is 0.149 e. The van der Waals surface area contributed by atoms with Gasteiger partial charge >= 0.3 is 0 Å². The molecule has 0 spiro atoms. The number of rotatable bonds is 5. The molecule has 1 saturated carbocycles. The first kappa shape index (κ1) is 18.4. The second-order valence-electron chi connectivity index (χ2n) is 7.45. The fourth-order valence-electron chi connectivity index (χ4n) is 3.30. The lowest BCUT2D eigenvalue weighted by Crippen LogP contribution is -2.16. The molecule has 1 heterocycles. The van der Waals surface area contributed by atoms with E-state index in [2.05, 4.69) is 21.5 Å². The van der Waals surface area contributed by atoms with Crippen LogP contribution in [0.15, 0.2) is 29.9 Å². The topological polar surface area (TPSA) is 38.1 Å². The molecule has 1 aromatic heterocycles. The molecular formula is C22H26FN3. The van der Waals surface area contributed by atoms with E-state index >= 15 is 0 Å². The number of nitrogens with zero attached hydrogens (tertiary/aromatic N) is 3. The predicted molar refractivity (Wildman–Crippen MR) is 106 cm³/mol. The molecule has 0 atom stereocenters. The van der Waals surface area contributed by atoms with E-state index in [0.29, 0.717) is 5.69 Å². The lowest BCUT2D eigenvalue weighted by molar-refractivity contribution is 0.309. The summed E-state index contributed by atoms with van der Waals surface area (Å²) < 4.78 is 14.5. The molecule has 136 valence electrons. The molecule has 2 aromatic rings. The number of hydrogen-bond acceptors (Lipinski definition) is 3. The molecule has 1 fully saturated rings. The van der Waals surface area contributed by atoms with Gasteiger partial charge in [-0.15, -0.1) is 0 Å². The van der Waals surface area contributed by atoms with Crippen LogP contribution < -0.4 is 0 Å². The normalized spacial score (nSPS) is 14.0. The van der Waals surface area contributed by atoms with E-state index in [0.717, 1.165) is 51.8 Å². The van der Waals surface area contributed by atoms with Crippen LogP contribution in [0.5, 0.6) is 0 Å². The Kier molecular flexibility index (Phi) is 5.30. The average Bonchev–Trinajstić information content (AvgIpc) is 2.53. The summed E-state index contributed by atoms with van der Waals surface area (Å²) in [6, 6.07) is 3.42. The molecule has 0 unspecified atom stereocenters. The SMILES string of the molecule is C=C(c1cc(C)c(N=C(C)C)c(F)c1)c1cnc(CC2CCC2)nc1C. The van der Waals surface area contributed by atoms with Gasteiger partial charge in [0.25, 0.3) is 0 Å². The Morgan fingerprint density at radius 2 is 2.00 bits per heavy atom. The summed E-state index contributed by atoms with van der Waals surface area (Å²) in [7, 11) is 0. The van der Waals surface area contributed by atoms with Crippen LogP contribution in [0, 0.1) is 25.6 Å². The van der Waals surface area contributed by atoms with Crippen molar-refractivity contribution >= 4 is 17.0 Å². The Labute approximate surface area is 155 Å².